The van der Waals surface area contributed by atoms with Gasteiger partial charge in [0, 0.05) is 59.0 Å². The lowest BCUT2D eigenvalue weighted by atomic mass is 9.89. The lowest BCUT2D eigenvalue weighted by Gasteiger charge is -2.19. The van der Waals surface area contributed by atoms with Gasteiger partial charge in [-0.3, -0.25) is 9.97 Å². The maximum atomic E-state index is 6.38. The summed E-state index contributed by atoms with van der Waals surface area (Å²) in [6.45, 7) is 0. The smallest absolute Gasteiger partial charge is 0.0812 e. The summed E-state index contributed by atoms with van der Waals surface area (Å²) >= 11 is 0. The first-order chi connectivity index (χ1) is 14.8. The molecule has 0 saturated carbocycles. The van der Waals surface area contributed by atoms with Crippen LogP contribution in [0.15, 0.2) is 97.6 Å². The van der Waals surface area contributed by atoms with Gasteiger partial charge in [-0.15, -0.1) is 0 Å². The number of anilines is 1. The second kappa shape index (κ2) is 7.76. The Morgan fingerprint density at radius 2 is 1.50 bits per heavy atom. The zero-order valence-electron chi connectivity index (χ0n) is 16.4. The molecule has 30 heavy (non-hydrogen) atoms. The summed E-state index contributed by atoms with van der Waals surface area (Å²) in [7, 11) is 0. The molecule has 0 aliphatic carbocycles. The van der Waals surface area contributed by atoms with Gasteiger partial charge in [0.2, 0.25) is 0 Å². The normalized spacial score (nSPS) is 10.9. The summed E-state index contributed by atoms with van der Waals surface area (Å²) in [4.78, 5) is 13.7. The van der Waals surface area contributed by atoms with Crippen molar-refractivity contribution in [3.63, 3.8) is 0 Å². The van der Waals surface area contributed by atoms with Gasteiger partial charge < -0.3 is 5.73 Å². The Kier molecular flexibility index (Phi) is 4.66. The predicted molar refractivity (Wildman–Crippen MR) is 122 cm³/mol. The Morgan fingerprint density at radius 3 is 2.27 bits per heavy atom. The first-order valence-corrected chi connectivity index (χ1v) is 9.87. The molecule has 4 nitrogen and oxygen atoms in total. The van der Waals surface area contributed by atoms with Gasteiger partial charge >= 0.3 is 0 Å². The van der Waals surface area contributed by atoms with Crippen molar-refractivity contribution in [1.82, 2.24) is 15.0 Å². The van der Waals surface area contributed by atoms with E-state index in [1.54, 1.807) is 12.4 Å². The zero-order valence-corrected chi connectivity index (χ0v) is 16.4. The van der Waals surface area contributed by atoms with Crippen LogP contribution in [0, 0.1) is 0 Å². The van der Waals surface area contributed by atoms with Gasteiger partial charge in [-0.05, 0) is 35.4 Å². The van der Waals surface area contributed by atoms with Crippen LogP contribution < -0.4 is 5.73 Å². The molecule has 0 unspecified atom stereocenters. The van der Waals surface area contributed by atoms with Crippen molar-refractivity contribution in [3.05, 3.63) is 109 Å². The SMILES string of the molecule is Nc1ccccc1-c1nc2ccccc2c(Cc2cccnc2)c1-c1cccnc1. The Morgan fingerprint density at radius 1 is 0.733 bits per heavy atom. The highest BCUT2D eigenvalue weighted by Crippen LogP contribution is 2.40. The van der Waals surface area contributed by atoms with E-state index in [0.29, 0.717) is 5.69 Å². The van der Waals surface area contributed by atoms with Crippen molar-refractivity contribution < 1.29 is 0 Å². The molecule has 0 atom stereocenters. The molecule has 144 valence electrons. The average Bonchev–Trinajstić information content (AvgIpc) is 2.80. The highest BCUT2D eigenvalue weighted by Gasteiger charge is 2.19. The molecule has 0 aliphatic rings. The number of fused-ring (bicyclic) bond motifs is 1. The monoisotopic (exact) mass is 388 g/mol. The Bertz CT molecular complexity index is 1320. The van der Waals surface area contributed by atoms with E-state index in [2.05, 4.69) is 40.3 Å². The number of nitrogens with zero attached hydrogens (tertiary/aromatic N) is 3. The highest BCUT2D eigenvalue weighted by atomic mass is 14.7. The van der Waals surface area contributed by atoms with Crippen molar-refractivity contribution in [3.8, 4) is 22.4 Å². The van der Waals surface area contributed by atoms with Crippen molar-refractivity contribution in [2.45, 2.75) is 6.42 Å². The molecule has 0 spiro atoms. The summed E-state index contributed by atoms with van der Waals surface area (Å²) in [5, 5.41) is 1.12. The third-order valence-electron chi connectivity index (χ3n) is 5.27. The summed E-state index contributed by atoms with van der Waals surface area (Å²) in [6, 6.07) is 24.3. The Labute approximate surface area is 175 Å². The van der Waals surface area contributed by atoms with Crippen LogP contribution in [0.4, 0.5) is 5.69 Å². The summed E-state index contributed by atoms with van der Waals surface area (Å²) in [6.07, 6.45) is 8.13. The van der Waals surface area contributed by atoms with E-state index in [4.69, 9.17) is 10.7 Å². The molecule has 4 heteroatoms. The van der Waals surface area contributed by atoms with Gasteiger partial charge in [0.15, 0.2) is 0 Å². The number of nitrogens with two attached hydrogens (primary N) is 1. The maximum Gasteiger partial charge on any atom is 0.0812 e. The fraction of sp³-hybridized carbons (Fsp3) is 0.0385. The quantitative estimate of drug-likeness (QED) is 0.411. The van der Waals surface area contributed by atoms with E-state index in [1.807, 2.05) is 54.9 Å². The molecule has 5 rings (SSSR count). The third-order valence-corrected chi connectivity index (χ3v) is 5.27. The van der Waals surface area contributed by atoms with Crippen LogP contribution in [-0.2, 0) is 6.42 Å². The highest BCUT2D eigenvalue weighted by molar-refractivity contribution is 5.97. The molecule has 3 aromatic heterocycles. The fourth-order valence-corrected chi connectivity index (χ4v) is 3.90. The molecule has 0 fully saturated rings. The zero-order chi connectivity index (χ0) is 20.3. The fourth-order valence-electron chi connectivity index (χ4n) is 3.90. The second-order valence-electron chi connectivity index (χ2n) is 7.20. The largest absolute Gasteiger partial charge is 0.398 e. The van der Waals surface area contributed by atoms with Gasteiger partial charge in [0.1, 0.15) is 0 Å². The lowest BCUT2D eigenvalue weighted by molar-refractivity contribution is 1.15. The molecule has 0 aliphatic heterocycles. The standard InChI is InChI=1S/C26H20N4/c27-23-11-3-1-10-21(23)26-25(19-8-6-14-29-17-19)22(15-18-7-5-13-28-16-18)20-9-2-4-12-24(20)30-26/h1-14,16-17H,15,27H2. The van der Waals surface area contributed by atoms with Crippen LogP contribution in [0.3, 0.4) is 0 Å². The minimum atomic E-state index is 0.706. The van der Waals surface area contributed by atoms with Crippen LogP contribution >= 0.6 is 0 Å². The first kappa shape index (κ1) is 18.0. The van der Waals surface area contributed by atoms with Gasteiger partial charge in [0.25, 0.3) is 0 Å². The lowest BCUT2D eigenvalue weighted by Crippen LogP contribution is -2.02. The molecule has 3 heterocycles. The van der Waals surface area contributed by atoms with E-state index < -0.39 is 0 Å². The van der Waals surface area contributed by atoms with E-state index in [9.17, 15) is 0 Å². The van der Waals surface area contributed by atoms with Crippen molar-refractivity contribution >= 4 is 16.6 Å². The van der Waals surface area contributed by atoms with Crippen molar-refractivity contribution in [2.75, 3.05) is 5.73 Å². The van der Waals surface area contributed by atoms with Crippen LogP contribution in [-0.4, -0.2) is 15.0 Å². The van der Waals surface area contributed by atoms with Crippen LogP contribution in [0.1, 0.15) is 11.1 Å². The number of rotatable bonds is 4. The van der Waals surface area contributed by atoms with E-state index in [-0.39, 0.29) is 0 Å². The van der Waals surface area contributed by atoms with Gasteiger partial charge in [-0.25, -0.2) is 4.98 Å². The molecule has 2 N–H and O–H groups in total. The summed E-state index contributed by atoms with van der Waals surface area (Å²) in [5.74, 6) is 0. The number of hydrogen-bond donors (Lipinski definition) is 1. The van der Waals surface area contributed by atoms with E-state index in [1.165, 1.54) is 5.56 Å². The summed E-state index contributed by atoms with van der Waals surface area (Å²) in [5.41, 5.74) is 14.3. The van der Waals surface area contributed by atoms with Crippen LogP contribution in [0.25, 0.3) is 33.3 Å². The van der Waals surface area contributed by atoms with Gasteiger partial charge in [0.05, 0.1) is 11.2 Å². The molecule has 5 aromatic rings. The van der Waals surface area contributed by atoms with Crippen molar-refractivity contribution in [2.24, 2.45) is 0 Å². The third kappa shape index (κ3) is 3.29. The molecule has 0 saturated heterocycles. The minimum Gasteiger partial charge on any atom is -0.398 e. The Balaban J connectivity index is 1.88. The van der Waals surface area contributed by atoms with Crippen LogP contribution in [0.2, 0.25) is 0 Å². The molecular weight excluding hydrogens is 368 g/mol. The Hall–Kier alpha value is -4.05. The number of aromatic nitrogens is 3. The summed E-state index contributed by atoms with van der Waals surface area (Å²) < 4.78 is 0. The van der Waals surface area contributed by atoms with Gasteiger partial charge in [-0.2, -0.15) is 0 Å². The van der Waals surface area contributed by atoms with Crippen LogP contribution in [0.5, 0.6) is 0 Å². The topological polar surface area (TPSA) is 64.7 Å². The number of hydrogen-bond acceptors (Lipinski definition) is 4. The van der Waals surface area contributed by atoms with E-state index in [0.717, 1.165) is 45.3 Å². The second-order valence-corrected chi connectivity index (χ2v) is 7.20. The predicted octanol–water partition coefficient (Wildman–Crippen LogP) is 5.53. The van der Waals surface area contributed by atoms with Crippen molar-refractivity contribution in [1.29, 1.82) is 0 Å². The van der Waals surface area contributed by atoms with E-state index >= 15 is 0 Å². The maximum absolute atomic E-state index is 6.38. The number of pyridine rings is 3. The first-order valence-electron chi connectivity index (χ1n) is 9.87. The molecule has 0 amide bonds. The number of benzene rings is 2. The molecule has 2 aromatic carbocycles. The minimum absolute atomic E-state index is 0.706. The molecular formula is C26H20N4. The molecule has 0 radical (unpaired) electrons. The average molecular weight is 388 g/mol. The molecule has 0 bridgehead atoms. The van der Waals surface area contributed by atoms with Gasteiger partial charge in [-0.1, -0.05) is 48.5 Å². The number of para-hydroxylation sites is 2. The number of nitrogen functional groups attached to an aromatic ring is 1.